The molecule has 0 fully saturated rings. The second-order valence-electron chi connectivity index (χ2n) is 8.63. The minimum atomic E-state index is -0.556. The Hall–Kier alpha value is -4.21. The van der Waals surface area contributed by atoms with Crippen molar-refractivity contribution in [1.82, 2.24) is 4.90 Å². The van der Waals surface area contributed by atoms with Crippen molar-refractivity contribution in [2.75, 3.05) is 30.4 Å². The molecule has 0 atom stereocenters. The molecule has 5 N–H and O–H groups in total. The van der Waals surface area contributed by atoms with Gasteiger partial charge in [0.1, 0.15) is 5.84 Å². The Kier molecular flexibility index (Phi) is 8.77. The smallest absolute Gasteiger partial charge is 0.237 e. The Labute approximate surface area is 210 Å². The number of anilines is 2. The van der Waals surface area contributed by atoms with Gasteiger partial charge in [-0.1, -0.05) is 13.0 Å². The number of nitrogens with two attached hydrogens (primary N) is 2. The number of carbonyl (C=O) groups is 4. The zero-order chi connectivity index (χ0) is 26.2. The lowest BCUT2D eigenvalue weighted by molar-refractivity contribution is -0.135. The van der Waals surface area contributed by atoms with E-state index in [9.17, 15) is 19.2 Å². The van der Waals surface area contributed by atoms with Crippen LogP contribution < -0.4 is 21.7 Å². The van der Waals surface area contributed by atoms with Crippen molar-refractivity contribution >= 4 is 40.8 Å². The molecule has 1 aliphatic heterocycles. The highest BCUT2D eigenvalue weighted by Crippen LogP contribution is 2.26. The molecule has 0 aromatic heterocycles. The van der Waals surface area contributed by atoms with E-state index in [4.69, 9.17) is 11.5 Å². The van der Waals surface area contributed by atoms with Crippen LogP contribution in [0.1, 0.15) is 42.9 Å². The highest BCUT2D eigenvalue weighted by Gasteiger charge is 2.25. The van der Waals surface area contributed by atoms with Crippen LogP contribution in [0.4, 0.5) is 11.4 Å². The molecule has 2 aromatic carbocycles. The van der Waals surface area contributed by atoms with Gasteiger partial charge in [0.25, 0.3) is 0 Å². The van der Waals surface area contributed by atoms with E-state index >= 15 is 0 Å². The average Bonchev–Trinajstić information content (AvgIpc) is 2.85. The Morgan fingerprint density at radius 1 is 1.06 bits per heavy atom. The first kappa shape index (κ1) is 26.4. The number of amidine groups is 1. The molecule has 10 nitrogen and oxygen atoms in total. The number of fused-ring (bicyclic) bond motifs is 1. The first-order chi connectivity index (χ1) is 17.2. The zero-order valence-corrected chi connectivity index (χ0v) is 20.6. The van der Waals surface area contributed by atoms with Gasteiger partial charge in [0, 0.05) is 49.9 Å². The fourth-order valence-corrected chi connectivity index (χ4v) is 4.05. The van der Waals surface area contributed by atoms with Gasteiger partial charge in [-0.25, -0.2) is 0 Å². The quantitative estimate of drug-likeness (QED) is 0.340. The summed E-state index contributed by atoms with van der Waals surface area (Å²) >= 11 is 0. The van der Waals surface area contributed by atoms with E-state index in [0.29, 0.717) is 30.3 Å². The van der Waals surface area contributed by atoms with Crippen LogP contribution in [0.3, 0.4) is 0 Å². The molecule has 10 heteroatoms. The van der Waals surface area contributed by atoms with Crippen LogP contribution in [0.2, 0.25) is 0 Å². The number of hydrogen-bond donors (Lipinski definition) is 3. The fourth-order valence-electron chi connectivity index (χ4n) is 4.05. The number of aliphatic imine (C=N–C) groups is 1. The van der Waals surface area contributed by atoms with Gasteiger partial charge < -0.3 is 26.6 Å². The van der Waals surface area contributed by atoms with E-state index in [2.05, 4.69) is 10.3 Å². The number of hydrogen-bond acceptors (Lipinski definition) is 5. The standard InChI is InChI=1S/C26H32N6O4/c1-3-12-32(21-9-6-18-15-31(16-22(27)33)25(36)14-19(18)13-21)24(35)11-10-23(34)30-20-7-4-17(5-8-20)26(28)29-2/h4-9,13H,3,10-12,14-16H2,1-2H3,(H2,27,33)(H2,28,29)(H,30,34). The lowest BCUT2D eigenvalue weighted by atomic mass is 9.98. The fraction of sp³-hybridized carbons (Fsp3) is 0.346. The van der Waals surface area contributed by atoms with Gasteiger partial charge in [-0.05, 0) is 53.9 Å². The van der Waals surface area contributed by atoms with Crippen molar-refractivity contribution in [3.63, 3.8) is 0 Å². The molecular weight excluding hydrogens is 460 g/mol. The molecular formula is C26H32N6O4. The summed E-state index contributed by atoms with van der Waals surface area (Å²) in [5.74, 6) is -0.771. The maximum Gasteiger partial charge on any atom is 0.237 e. The first-order valence-corrected chi connectivity index (χ1v) is 11.8. The third kappa shape index (κ3) is 6.68. The summed E-state index contributed by atoms with van der Waals surface area (Å²) in [6.07, 6.45) is 0.949. The molecule has 1 heterocycles. The van der Waals surface area contributed by atoms with Crippen molar-refractivity contribution in [2.24, 2.45) is 16.5 Å². The van der Waals surface area contributed by atoms with Crippen molar-refractivity contribution < 1.29 is 19.2 Å². The molecule has 0 unspecified atom stereocenters. The summed E-state index contributed by atoms with van der Waals surface area (Å²) in [4.78, 5) is 56.1. The molecule has 0 radical (unpaired) electrons. The lowest BCUT2D eigenvalue weighted by Crippen LogP contribution is -2.41. The third-order valence-corrected chi connectivity index (χ3v) is 5.92. The summed E-state index contributed by atoms with van der Waals surface area (Å²) in [5.41, 5.74) is 14.8. The maximum absolute atomic E-state index is 13.0. The van der Waals surface area contributed by atoms with Gasteiger partial charge in [0.05, 0.1) is 13.0 Å². The van der Waals surface area contributed by atoms with Crippen LogP contribution >= 0.6 is 0 Å². The molecule has 4 amide bonds. The minimum absolute atomic E-state index is 0.0326. The van der Waals surface area contributed by atoms with E-state index < -0.39 is 5.91 Å². The molecule has 1 aliphatic rings. The Balaban J connectivity index is 1.63. The monoisotopic (exact) mass is 492 g/mol. The second kappa shape index (κ2) is 12.0. The van der Waals surface area contributed by atoms with E-state index in [0.717, 1.165) is 23.1 Å². The van der Waals surface area contributed by atoms with E-state index in [1.165, 1.54) is 4.90 Å². The molecule has 0 saturated heterocycles. The Morgan fingerprint density at radius 2 is 1.78 bits per heavy atom. The van der Waals surface area contributed by atoms with Crippen LogP contribution in [0.5, 0.6) is 0 Å². The molecule has 190 valence electrons. The molecule has 3 rings (SSSR count). The highest BCUT2D eigenvalue weighted by atomic mass is 16.2. The van der Waals surface area contributed by atoms with Gasteiger partial charge >= 0.3 is 0 Å². The van der Waals surface area contributed by atoms with Gasteiger partial charge in [-0.2, -0.15) is 0 Å². The normalized spacial score (nSPS) is 13.2. The lowest BCUT2D eigenvalue weighted by Gasteiger charge is -2.29. The van der Waals surface area contributed by atoms with E-state index in [1.54, 1.807) is 36.2 Å². The number of carbonyl (C=O) groups excluding carboxylic acids is 4. The number of primary amides is 1. The summed E-state index contributed by atoms with van der Waals surface area (Å²) in [6.45, 7) is 2.64. The SMILES string of the molecule is CCCN(C(=O)CCC(=O)Nc1ccc(C(N)=NC)cc1)c1ccc2c(c1)CC(=O)N(CC(N)=O)C2. The van der Waals surface area contributed by atoms with E-state index in [1.807, 2.05) is 25.1 Å². The predicted molar refractivity (Wildman–Crippen MR) is 138 cm³/mol. The second-order valence-corrected chi connectivity index (χ2v) is 8.63. The van der Waals surface area contributed by atoms with Gasteiger partial charge in [-0.15, -0.1) is 0 Å². The van der Waals surface area contributed by atoms with Gasteiger partial charge in [0.2, 0.25) is 23.6 Å². The summed E-state index contributed by atoms with van der Waals surface area (Å²) in [7, 11) is 1.60. The zero-order valence-electron chi connectivity index (χ0n) is 20.6. The number of benzene rings is 2. The van der Waals surface area contributed by atoms with Crippen LogP contribution in [-0.2, 0) is 32.1 Å². The maximum atomic E-state index is 13.0. The number of nitrogens with one attached hydrogen (secondary N) is 1. The summed E-state index contributed by atoms with van der Waals surface area (Å²) in [6, 6.07) is 12.5. The average molecular weight is 493 g/mol. The van der Waals surface area contributed by atoms with E-state index in [-0.39, 0.29) is 43.5 Å². The Morgan fingerprint density at radius 3 is 2.42 bits per heavy atom. The molecule has 0 spiro atoms. The molecule has 36 heavy (non-hydrogen) atoms. The van der Waals surface area contributed by atoms with Crippen molar-refractivity contribution in [2.45, 2.75) is 39.2 Å². The number of rotatable bonds is 10. The van der Waals surface area contributed by atoms with Gasteiger partial charge in [-0.3, -0.25) is 24.2 Å². The molecule has 0 aliphatic carbocycles. The molecule has 0 saturated carbocycles. The molecule has 0 bridgehead atoms. The van der Waals surface area contributed by atoms with Crippen LogP contribution in [0, 0.1) is 0 Å². The van der Waals surface area contributed by atoms with Crippen molar-refractivity contribution in [3.05, 3.63) is 59.2 Å². The van der Waals surface area contributed by atoms with Gasteiger partial charge in [0.15, 0.2) is 0 Å². The number of amides is 4. The minimum Gasteiger partial charge on any atom is -0.384 e. The predicted octanol–water partition coefficient (Wildman–Crippen LogP) is 1.55. The van der Waals surface area contributed by atoms with Crippen molar-refractivity contribution in [1.29, 1.82) is 0 Å². The largest absolute Gasteiger partial charge is 0.384 e. The molecule has 2 aromatic rings. The number of nitrogens with zero attached hydrogens (tertiary/aromatic N) is 3. The third-order valence-electron chi connectivity index (χ3n) is 5.92. The first-order valence-electron chi connectivity index (χ1n) is 11.8. The van der Waals surface area contributed by atoms with Crippen LogP contribution in [0.25, 0.3) is 0 Å². The van der Waals surface area contributed by atoms with Crippen molar-refractivity contribution in [3.8, 4) is 0 Å². The van der Waals surface area contributed by atoms with Crippen LogP contribution in [0.15, 0.2) is 47.5 Å². The summed E-state index contributed by atoms with van der Waals surface area (Å²) < 4.78 is 0. The topological polar surface area (TPSA) is 151 Å². The Bertz CT molecular complexity index is 1180. The summed E-state index contributed by atoms with van der Waals surface area (Å²) in [5, 5.41) is 2.79. The van der Waals surface area contributed by atoms with Crippen LogP contribution in [-0.4, -0.2) is 54.5 Å². The highest BCUT2D eigenvalue weighted by molar-refractivity contribution is 6.00.